The van der Waals surface area contributed by atoms with Crippen LogP contribution in [0.5, 0.6) is 0 Å². The van der Waals surface area contributed by atoms with E-state index in [2.05, 4.69) is 82.2 Å². The first kappa shape index (κ1) is 32.3. The van der Waals surface area contributed by atoms with Gasteiger partial charge in [-0.25, -0.2) is 0 Å². The van der Waals surface area contributed by atoms with Gasteiger partial charge < -0.3 is 29.2 Å². The second-order valence-corrected chi connectivity index (χ2v) is 11.0. The number of halogens is 5. The van der Waals surface area contributed by atoms with Crippen LogP contribution in [0.1, 0.15) is 25.7 Å². The molecule has 4 aliphatic rings. The van der Waals surface area contributed by atoms with Gasteiger partial charge in [-0.15, -0.1) is 0 Å². The van der Waals surface area contributed by atoms with E-state index >= 15 is 0 Å². The SMILES string of the molecule is C1CC2(CCN1)OCCO2.Clc1ccc(I)cc1.Clc1ccc(N2CCC3(CC2)OCCO3)cc1.II. The summed E-state index contributed by atoms with van der Waals surface area (Å²) in [6, 6.07) is 15.7. The van der Waals surface area contributed by atoms with Gasteiger partial charge in [-0.05, 0) is 71.1 Å². The summed E-state index contributed by atoms with van der Waals surface area (Å²) in [5, 5.41) is 4.85. The molecule has 1 N–H and O–H groups in total. The third-order valence-electron chi connectivity index (χ3n) is 6.51. The highest BCUT2D eigenvalue weighted by molar-refractivity contribution is 15.0. The van der Waals surface area contributed by atoms with E-state index < -0.39 is 0 Å². The monoisotopic (exact) mass is 888 g/mol. The topological polar surface area (TPSA) is 52.2 Å². The molecule has 6 rings (SSSR count). The van der Waals surface area contributed by atoms with E-state index in [1.807, 2.05) is 36.4 Å². The Morgan fingerprint density at radius 2 is 1.05 bits per heavy atom. The van der Waals surface area contributed by atoms with Gasteiger partial charge in [0.05, 0.1) is 26.4 Å². The maximum Gasteiger partial charge on any atom is 0.171 e. The predicted octanol–water partition coefficient (Wildman–Crippen LogP) is 7.51. The minimum absolute atomic E-state index is 0.189. The number of ether oxygens (including phenoxy) is 4. The Bertz CT molecular complexity index is 874. The van der Waals surface area contributed by atoms with Gasteiger partial charge in [0.15, 0.2) is 11.6 Å². The highest BCUT2D eigenvalue weighted by Gasteiger charge is 2.40. The van der Waals surface area contributed by atoms with Crippen molar-refractivity contribution in [2.45, 2.75) is 37.3 Å². The average Bonchev–Trinajstić information content (AvgIpc) is 3.59. The zero-order chi connectivity index (χ0) is 26.6. The second-order valence-electron chi connectivity index (χ2n) is 8.87. The van der Waals surface area contributed by atoms with Crippen molar-refractivity contribution in [3.05, 3.63) is 62.1 Å². The molecule has 4 heterocycles. The van der Waals surface area contributed by atoms with Crippen molar-refractivity contribution in [3.8, 4) is 0 Å². The quantitative estimate of drug-likeness (QED) is 0.300. The molecule has 11 heteroatoms. The van der Waals surface area contributed by atoms with Gasteiger partial charge in [-0.2, -0.15) is 0 Å². The Kier molecular flexibility index (Phi) is 14.8. The summed E-state index contributed by atoms with van der Waals surface area (Å²) in [5.74, 6) is -0.478. The van der Waals surface area contributed by atoms with E-state index in [1.165, 1.54) is 9.26 Å². The lowest BCUT2D eigenvalue weighted by Gasteiger charge is -2.38. The number of anilines is 1. The Hall–Kier alpha value is 0.810. The molecule has 0 aliphatic carbocycles. The summed E-state index contributed by atoms with van der Waals surface area (Å²) < 4.78 is 23.7. The van der Waals surface area contributed by atoms with Gasteiger partial charge in [0, 0.05) is 108 Å². The van der Waals surface area contributed by atoms with E-state index in [4.69, 9.17) is 42.1 Å². The maximum absolute atomic E-state index is 5.89. The lowest BCUT2D eigenvalue weighted by molar-refractivity contribution is -0.172. The third kappa shape index (κ3) is 10.6. The van der Waals surface area contributed by atoms with Crippen LogP contribution in [-0.2, 0) is 18.9 Å². The molecule has 0 atom stereocenters. The zero-order valence-corrected chi connectivity index (χ0v) is 28.6. The number of hydrogen-bond donors (Lipinski definition) is 1. The van der Waals surface area contributed by atoms with Crippen molar-refractivity contribution in [2.24, 2.45) is 0 Å². The van der Waals surface area contributed by atoms with Crippen LogP contribution in [0.15, 0.2) is 48.5 Å². The van der Waals surface area contributed by atoms with E-state index in [0.717, 1.165) is 88.3 Å². The van der Waals surface area contributed by atoms with Gasteiger partial charge in [0.1, 0.15) is 0 Å². The fourth-order valence-electron chi connectivity index (χ4n) is 4.57. The molecule has 0 unspecified atom stereocenters. The van der Waals surface area contributed by atoms with Crippen molar-refractivity contribution in [2.75, 3.05) is 57.5 Å². The molecular weight excluding hydrogens is 856 g/mol. The van der Waals surface area contributed by atoms with Crippen LogP contribution >= 0.6 is 83.0 Å². The summed E-state index contributed by atoms with van der Waals surface area (Å²) in [6.45, 7) is 7.03. The fourth-order valence-corrected chi connectivity index (χ4v) is 5.18. The van der Waals surface area contributed by atoms with Crippen LogP contribution in [0.4, 0.5) is 5.69 Å². The van der Waals surface area contributed by atoms with Crippen molar-refractivity contribution in [1.82, 2.24) is 5.32 Å². The Morgan fingerprint density at radius 3 is 1.49 bits per heavy atom. The van der Waals surface area contributed by atoms with Crippen LogP contribution in [-0.4, -0.2) is 64.2 Å². The molecular formula is C26H33Cl2I3N2O4. The third-order valence-corrected chi connectivity index (χ3v) is 7.74. The standard InChI is InChI=1S/C13H16ClNO2.C7H13NO2.C6H4ClI.I2/c14-11-1-3-12(4-2-11)15-7-5-13(6-8-15)16-9-10-17-13;1-3-8-4-2-7(1)9-5-6-10-7;7-5-1-3-6(8)4-2-5;1-2/h1-4H,5-10H2;8H,1-6H2;1-4H;. The molecule has 206 valence electrons. The van der Waals surface area contributed by atoms with E-state index in [9.17, 15) is 0 Å². The van der Waals surface area contributed by atoms with E-state index in [1.54, 1.807) is 0 Å². The molecule has 37 heavy (non-hydrogen) atoms. The van der Waals surface area contributed by atoms with Crippen molar-refractivity contribution < 1.29 is 18.9 Å². The number of rotatable bonds is 1. The summed E-state index contributed by atoms with van der Waals surface area (Å²) in [7, 11) is 0. The summed E-state index contributed by atoms with van der Waals surface area (Å²) in [4.78, 5) is 2.35. The van der Waals surface area contributed by atoms with Crippen LogP contribution in [0.2, 0.25) is 10.0 Å². The molecule has 4 aliphatic heterocycles. The van der Waals surface area contributed by atoms with Gasteiger partial charge >= 0.3 is 0 Å². The van der Waals surface area contributed by atoms with Crippen molar-refractivity contribution in [1.29, 1.82) is 0 Å². The number of hydrogen-bond acceptors (Lipinski definition) is 6. The molecule has 6 nitrogen and oxygen atoms in total. The smallest absolute Gasteiger partial charge is 0.171 e. The maximum atomic E-state index is 5.89. The van der Waals surface area contributed by atoms with Crippen LogP contribution in [0.25, 0.3) is 0 Å². The number of benzene rings is 2. The van der Waals surface area contributed by atoms with E-state index in [-0.39, 0.29) is 11.6 Å². The summed E-state index contributed by atoms with van der Waals surface area (Å²) >= 11 is 18.0. The molecule has 0 amide bonds. The first-order valence-corrected chi connectivity index (χ1v) is 20.4. The van der Waals surface area contributed by atoms with Crippen LogP contribution < -0.4 is 10.2 Å². The number of piperidine rings is 2. The zero-order valence-electron chi connectivity index (χ0n) is 20.6. The second kappa shape index (κ2) is 16.9. The summed E-state index contributed by atoms with van der Waals surface area (Å²) in [6.07, 6.45) is 3.89. The van der Waals surface area contributed by atoms with Crippen molar-refractivity contribution in [3.63, 3.8) is 0 Å². The predicted molar refractivity (Wildman–Crippen MR) is 176 cm³/mol. The molecule has 0 radical (unpaired) electrons. The van der Waals surface area contributed by atoms with Gasteiger partial charge in [-0.3, -0.25) is 0 Å². The average molecular weight is 889 g/mol. The minimum atomic E-state index is -0.289. The highest BCUT2D eigenvalue weighted by atomic mass is 128. The van der Waals surface area contributed by atoms with Crippen molar-refractivity contribution >= 4 is 88.7 Å². The lowest BCUT2D eigenvalue weighted by Crippen LogP contribution is -2.45. The normalized spacial score (nSPS) is 21.3. The van der Waals surface area contributed by atoms with Crippen LogP contribution in [0, 0.1) is 3.57 Å². The molecule has 0 aromatic heterocycles. The first-order chi connectivity index (χ1) is 18.0. The molecule has 0 saturated carbocycles. The number of nitrogens with zero attached hydrogens (tertiary/aromatic N) is 1. The molecule has 0 bridgehead atoms. The molecule has 2 aromatic rings. The highest BCUT2D eigenvalue weighted by Crippen LogP contribution is 2.33. The Morgan fingerprint density at radius 1 is 0.649 bits per heavy atom. The van der Waals surface area contributed by atoms with Crippen LogP contribution in [0.3, 0.4) is 0 Å². The fraction of sp³-hybridized carbons (Fsp3) is 0.538. The number of nitrogens with one attached hydrogen (secondary N) is 1. The van der Waals surface area contributed by atoms with Gasteiger partial charge in [-0.1, -0.05) is 23.2 Å². The lowest BCUT2D eigenvalue weighted by atomic mass is 10.0. The first-order valence-electron chi connectivity index (χ1n) is 12.3. The summed E-state index contributed by atoms with van der Waals surface area (Å²) in [5.41, 5.74) is 1.22. The molecule has 4 saturated heterocycles. The molecule has 4 fully saturated rings. The minimum Gasteiger partial charge on any atom is -0.371 e. The Labute approximate surface area is 267 Å². The molecule has 2 spiro atoms. The van der Waals surface area contributed by atoms with E-state index in [0.29, 0.717) is 0 Å². The molecule has 2 aromatic carbocycles. The van der Waals surface area contributed by atoms with Gasteiger partial charge in [0.2, 0.25) is 0 Å². The largest absolute Gasteiger partial charge is 0.371 e. The Balaban J connectivity index is 0.000000162. The van der Waals surface area contributed by atoms with Gasteiger partial charge in [0.25, 0.3) is 0 Å².